The highest BCUT2D eigenvalue weighted by atomic mass is 35.5. The molecule has 5 heteroatoms. The molecule has 0 unspecified atom stereocenters. The average molecular weight is 238 g/mol. The van der Waals surface area contributed by atoms with E-state index < -0.39 is 0 Å². The van der Waals surface area contributed by atoms with Gasteiger partial charge in [-0.05, 0) is 18.2 Å². The topological polar surface area (TPSA) is 41.6 Å². The molecular formula is C10H5Cl2N3. The van der Waals surface area contributed by atoms with Crippen LogP contribution in [-0.2, 0) is 0 Å². The minimum atomic E-state index is 0.339. The third-order valence-electron chi connectivity index (χ3n) is 1.88. The maximum absolute atomic E-state index is 8.64. The zero-order chi connectivity index (χ0) is 10.8. The van der Waals surface area contributed by atoms with Crippen LogP contribution in [0.4, 0.5) is 0 Å². The van der Waals surface area contributed by atoms with Crippen LogP contribution < -0.4 is 0 Å². The van der Waals surface area contributed by atoms with Gasteiger partial charge in [-0.2, -0.15) is 10.4 Å². The van der Waals surface area contributed by atoms with Crippen LogP contribution in [0.1, 0.15) is 5.69 Å². The first-order valence-corrected chi connectivity index (χ1v) is 4.88. The van der Waals surface area contributed by atoms with Gasteiger partial charge in [-0.3, -0.25) is 0 Å². The van der Waals surface area contributed by atoms with Gasteiger partial charge in [0.2, 0.25) is 0 Å². The predicted molar refractivity (Wildman–Crippen MR) is 58.3 cm³/mol. The van der Waals surface area contributed by atoms with E-state index in [9.17, 15) is 0 Å². The highest BCUT2D eigenvalue weighted by Crippen LogP contribution is 2.27. The van der Waals surface area contributed by atoms with Gasteiger partial charge in [0.15, 0.2) is 5.69 Å². The molecule has 3 nitrogen and oxygen atoms in total. The van der Waals surface area contributed by atoms with Crippen molar-refractivity contribution in [2.24, 2.45) is 0 Å². The highest BCUT2D eigenvalue weighted by molar-refractivity contribution is 6.43. The molecule has 0 aliphatic heterocycles. The molecule has 1 aromatic heterocycles. The van der Waals surface area contributed by atoms with E-state index in [0.717, 1.165) is 0 Å². The summed E-state index contributed by atoms with van der Waals surface area (Å²) in [5.74, 6) is 0. The normalized spacial score (nSPS) is 9.93. The fourth-order valence-corrected chi connectivity index (χ4v) is 1.57. The number of aromatic nitrogens is 2. The summed E-state index contributed by atoms with van der Waals surface area (Å²) >= 11 is 11.9. The van der Waals surface area contributed by atoms with Crippen LogP contribution in [0.5, 0.6) is 0 Å². The highest BCUT2D eigenvalue weighted by Gasteiger charge is 2.07. The number of nitriles is 1. The predicted octanol–water partition coefficient (Wildman–Crippen LogP) is 3.05. The molecule has 1 aromatic carbocycles. The van der Waals surface area contributed by atoms with E-state index in [4.69, 9.17) is 28.5 Å². The van der Waals surface area contributed by atoms with Gasteiger partial charge in [0.1, 0.15) is 6.07 Å². The molecule has 0 fully saturated rings. The van der Waals surface area contributed by atoms with Gasteiger partial charge in [-0.25, -0.2) is 4.68 Å². The lowest BCUT2D eigenvalue weighted by molar-refractivity contribution is 0.873. The maximum atomic E-state index is 8.64. The molecule has 0 N–H and O–H groups in total. The van der Waals surface area contributed by atoms with Crippen LogP contribution >= 0.6 is 23.2 Å². The first kappa shape index (κ1) is 10.0. The Balaban J connectivity index is 2.55. The Morgan fingerprint density at radius 1 is 1.27 bits per heavy atom. The average Bonchev–Trinajstić information content (AvgIpc) is 2.70. The summed E-state index contributed by atoms with van der Waals surface area (Å²) in [5.41, 5.74) is 0.997. The van der Waals surface area contributed by atoms with E-state index in [1.165, 1.54) is 4.68 Å². The van der Waals surface area contributed by atoms with Crippen molar-refractivity contribution >= 4 is 23.2 Å². The summed E-state index contributed by atoms with van der Waals surface area (Å²) < 4.78 is 1.52. The van der Waals surface area contributed by atoms with Gasteiger partial charge in [-0.15, -0.1) is 0 Å². The summed E-state index contributed by atoms with van der Waals surface area (Å²) in [7, 11) is 0. The molecule has 0 aliphatic carbocycles. The molecule has 0 saturated heterocycles. The molecule has 0 amide bonds. The van der Waals surface area contributed by atoms with Crippen molar-refractivity contribution in [3.63, 3.8) is 0 Å². The Morgan fingerprint density at radius 2 is 2.07 bits per heavy atom. The number of rotatable bonds is 1. The lowest BCUT2D eigenvalue weighted by atomic mass is 10.3. The molecule has 0 saturated carbocycles. The third-order valence-corrected chi connectivity index (χ3v) is 2.69. The largest absolute Gasteiger partial charge is 0.238 e. The maximum Gasteiger partial charge on any atom is 0.162 e. The Labute approximate surface area is 96.5 Å². The number of hydrogen-bond donors (Lipinski definition) is 0. The van der Waals surface area contributed by atoms with Crippen LogP contribution in [0, 0.1) is 11.3 Å². The zero-order valence-corrected chi connectivity index (χ0v) is 9.00. The summed E-state index contributed by atoms with van der Waals surface area (Å²) in [5, 5.41) is 13.5. The van der Waals surface area contributed by atoms with Crippen molar-refractivity contribution in [2.45, 2.75) is 0 Å². The van der Waals surface area contributed by atoms with Gasteiger partial charge in [0, 0.05) is 6.20 Å². The lowest BCUT2D eigenvalue weighted by Crippen LogP contribution is -1.96. The van der Waals surface area contributed by atoms with Crippen LogP contribution in [-0.4, -0.2) is 9.78 Å². The number of nitrogens with zero attached hydrogens (tertiary/aromatic N) is 3. The van der Waals surface area contributed by atoms with Crippen molar-refractivity contribution in [2.75, 3.05) is 0 Å². The number of benzene rings is 1. The van der Waals surface area contributed by atoms with Crippen LogP contribution in [0.3, 0.4) is 0 Å². The molecular weight excluding hydrogens is 233 g/mol. The molecule has 15 heavy (non-hydrogen) atoms. The van der Waals surface area contributed by atoms with E-state index in [2.05, 4.69) is 5.10 Å². The van der Waals surface area contributed by atoms with E-state index >= 15 is 0 Å². The molecule has 0 bridgehead atoms. The van der Waals surface area contributed by atoms with Crippen LogP contribution in [0.25, 0.3) is 5.69 Å². The summed E-state index contributed by atoms with van der Waals surface area (Å²) in [6, 6.07) is 8.80. The fourth-order valence-electron chi connectivity index (χ4n) is 1.19. The van der Waals surface area contributed by atoms with E-state index in [1.54, 1.807) is 30.5 Å². The van der Waals surface area contributed by atoms with Gasteiger partial charge in [-0.1, -0.05) is 29.3 Å². The second-order valence-electron chi connectivity index (χ2n) is 2.83. The molecule has 0 spiro atoms. The lowest BCUT2D eigenvalue weighted by Gasteiger charge is -2.04. The van der Waals surface area contributed by atoms with Crippen molar-refractivity contribution in [1.29, 1.82) is 5.26 Å². The second-order valence-corrected chi connectivity index (χ2v) is 3.62. The van der Waals surface area contributed by atoms with Crippen molar-refractivity contribution in [1.82, 2.24) is 9.78 Å². The second kappa shape index (κ2) is 3.93. The Hall–Kier alpha value is -1.50. The molecule has 2 aromatic rings. The molecule has 0 aliphatic rings. The smallest absolute Gasteiger partial charge is 0.162 e. The monoisotopic (exact) mass is 237 g/mol. The number of hydrogen-bond acceptors (Lipinski definition) is 2. The van der Waals surface area contributed by atoms with E-state index in [0.29, 0.717) is 21.4 Å². The van der Waals surface area contributed by atoms with Gasteiger partial charge in [0.25, 0.3) is 0 Å². The molecule has 1 heterocycles. The molecule has 0 radical (unpaired) electrons. The van der Waals surface area contributed by atoms with Gasteiger partial charge in [0.05, 0.1) is 15.7 Å². The minimum absolute atomic E-state index is 0.339. The standard InChI is InChI=1S/C10H5Cl2N3/c11-8-2-1-3-9(10(8)12)15-5-4-7(6-13)14-15/h1-5H. The van der Waals surface area contributed by atoms with Crippen LogP contribution in [0.15, 0.2) is 30.5 Å². The third kappa shape index (κ3) is 1.82. The van der Waals surface area contributed by atoms with Gasteiger partial charge < -0.3 is 0 Å². The first-order valence-electron chi connectivity index (χ1n) is 4.12. The quantitative estimate of drug-likeness (QED) is 0.766. The number of halogens is 2. The molecule has 0 atom stereocenters. The minimum Gasteiger partial charge on any atom is -0.238 e. The Bertz CT molecular complexity index is 540. The summed E-state index contributed by atoms with van der Waals surface area (Å²) in [4.78, 5) is 0. The summed E-state index contributed by atoms with van der Waals surface area (Å²) in [6.07, 6.45) is 1.66. The molecule has 74 valence electrons. The molecule has 2 rings (SSSR count). The van der Waals surface area contributed by atoms with Crippen molar-refractivity contribution < 1.29 is 0 Å². The first-order chi connectivity index (χ1) is 7.22. The van der Waals surface area contributed by atoms with Crippen molar-refractivity contribution in [3.8, 4) is 11.8 Å². The van der Waals surface area contributed by atoms with Crippen molar-refractivity contribution in [3.05, 3.63) is 46.2 Å². The van der Waals surface area contributed by atoms with E-state index in [-0.39, 0.29) is 0 Å². The Kier molecular flexibility index (Phi) is 2.63. The summed E-state index contributed by atoms with van der Waals surface area (Å²) in [6.45, 7) is 0. The van der Waals surface area contributed by atoms with Crippen LogP contribution in [0.2, 0.25) is 10.0 Å². The van der Waals surface area contributed by atoms with Gasteiger partial charge >= 0.3 is 0 Å². The zero-order valence-electron chi connectivity index (χ0n) is 7.48. The fraction of sp³-hybridized carbons (Fsp3) is 0. The SMILES string of the molecule is N#Cc1ccn(-c2cccc(Cl)c2Cl)n1. The van der Waals surface area contributed by atoms with E-state index in [1.807, 2.05) is 6.07 Å². The Morgan fingerprint density at radius 3 is 2.73 bits per heavy atom.